The number of nitrogens with one attached hydrogen (secondary N) is 1. The van der Waals surface area contributed by atoms with Gasteiger partial charge in [-0.1, -0.05) is 0 Å². The number of ether oxygens (including phenoxy) is 1. The van der Waals surface area contributed by atoms with Crippen LogP contribution in [0.25, 0.3) is 0 Å². The van der Waals surface area contributed by atoms with Crippen molar-refractivity contribution in [3.63, 3.8) is 0 Å². The van der Waals surface area contributed by atoms with Gasteiger partial charge in [0, 0.05) is 7.05 Å². The van der Waals surface area contributed by atoms with E-state index in [9.17, 15) is 9.59 Å². The van der Waals surface area contributed by atoms with Crippen molar-refractivity contribution >= 4 is 22.8 Å². The van der Waals surface area contributed by atoms with E-state index in [1.165, 1.54) is 3.96 Å². The van der Waals surface area contributed by atoms with Gasteiger partial charge in [-0.3, -0.25) is 5.32 Å². The van der Waals surface area contributed by atoms with E-state index in [4.69, 9.17) is 0 Å². The summed E-state index contributed by atoms with van der Waals surface area (Å²) in [6.07, 6.45) is -0.600. The van der Waals surface area contributed by atoms with Gasteiger partial charge in [0.15, 0.2) is 0 Å². The highest BCUT2D eigenvalue weighted by molar-refractivity contribution is 7.10. The van der Waals surface area contributed by atoms with Crippen molar-refractivity contribution in [3.05, 3.63) is 10.5 Å². The lowest BCUT2D eigenvalue weighted by atomic mass is 10.9. The first-order valence-corrected chi connectivity index (χ1v) is 4.39. The van der Waals surface area contributed by atoms with Crippen molar-refractivity contribution in [2.45, 2.75) is 6.92 Å². The molecule has 0 atom stereocenters. The minimum absolute atomic E-state index is 0.242. The Morgan fingerprint density at radius 3 is 2.92 bits per heavy atom. The Morgan fingerprint density at radius 1 is 1.77 bits per heavy atom. The van der Waals surface area contributed by atoms with Crippen LogP contribution in [0.4, 0.5) is 9.93 Å². The quantitative estimate of drug-likeness (QED) is 0.755. The molecule has 0 unspecified atom stereocenters. The van der Waals surface area contributed by atoms with Gasteiger partial charge in [0.2, 0.25) is 5.13 Å². The van der Waals surface area contributed by atoms with Crippen LogP contribution in [0.1, 0.15) is 6.92 Å². The van der Waals surface area contributed by atoms with Crippen molar-refractivity contribution < 1.29 is 9.53 Å². The van der Waals surface area contributed by atoms with Crippen LogP contribution in [0.3, 0.4) is 0 Å². The van der Waals surface area contributed by atoms with E-state index < -0.39 is 11.8 Å². The second-order valence-corrected chi connectivity index (χ2v) is 3.25. The fourth-order valence-corrected chi connectivity index (χ4v) is 1.28. The first-order chi connectivity index (χ1) is 6.13. The highest BCUT2D eigenvalue weighted by atomic mass is 32.1. The second-order valence-electron chi connectivity index (χ2n) is 2.13. The van der Waals surface area contributed by atoms with Crippen molar-refractivity contribution in [2.24, 2.45) is 7.05 Å². The zero-order valence-electron chi connectivity index (χ0n) is 7.23. The molecule has 1 aromatic heterocycles. The van der Waals surface area contributed by atoms with Crippen LogP contribution in [0.15, 0.2) is 4.79 Å². The molecule has 7 heteroatoms. The van der Waals surface area contributed by atoms with Crippen LogP contribution in [0, 0.1) is 0 Å². The lowest BCUT2D eigenvalue weighted by molar-refractivity contribution is 0.168. The third-order valence-corrected chi connectivity index (χ3v) is 1.97. The summed E-state index contributed by atoms with van der Waals surface area (Å²) >= 11 is 1.05. The molecule has 1 aromatic rings. The molecule has 0 bridgehead atoms. The molecular weight excluding hydrogens is 194 g/mol. The monoisotopic (exact) mass is 203 g/mol. The van der Waals surface area contributed by atoms with Crippen molar-refractivity contribution in [1.82, 2.24) is 8.94 Å². The SMILES string of the molecule is CCOC(=O)Nc1nc(=O)n(C)s1. The predicted molar refractivity (Wildman–Crippen MR) is 48.0 cm³/mol. The molecule has 1 heterocycles. The fourth-order valence-electron chi connectivity index (χ4n) is 0.652. The van der Waals surface area contributed by atoms with Crippen LogP contribution in [0.5, 0.6) is 0 Å². The topological polar surface area (TPSA) is 73.2 Å². The summed E-state index contributed by atoms with van der Waals surface area (Å²) in [5, 5.41) is 2.57. The summed E-state index contributed by atoms with van der Waals surface area (Å²) in [5.74, 6) is 0. The van der Waals surface area contributed by atoms with E-state index in [0.29, 0.717) is 0 Å². The van der Waals surface area contributed by atoms with Gasteiger partial charge in [-0.25, -0.2) is 13.5 Å². The molecule has 0 aliphatic rings. The number of rotatable bonds is 2. The lowest BCUT2D eigenvalue weighted by Gasteiger charge is -1.99. The molecule has 1 N–H and O–H groups in total. The Labute approximate surface area is 78.3 Å². The van der Waals surface area contributed by atoms with Gasteiger partial charge in [0.05, 0.1) is 6.61 Å². The first-order valence-electron chi connectivity index (χ1n) is 3.61. The third-order valence-electron chi connectivity index (χ3n) is 1.17. The Hall–Kier alpha value is -1.37. The minimum atomic E-state index is -0.600. The van der Waals surface area contributed by atoms with Crippen molar-refractivity contribution in [3.8, 4) is 0 Å². The third kappa shape index (κ3) is 2.55. The zero-order valence-corrected chi connectivity index (χ0v) is 8.05. The zero-order chi connectivity index (χ0) is 9.84. The van der Waals surface area contributed by atoms with Gasteiger partial charge >= 0.3 is 11.8 Å². The molecule has 6 nitrogen and oxygen atoms in total. The summed E-state index contributed by atoms with van der Waals surface area (Å²) in [7, 11) is 1.57. The summed E-state index contributed by atoms with van der Waals surface area (Å²) in [6.45, 7) is 1.98. The number of aromatic nitrogens is 2. The average molecular weight is 203 g/mol. The second kappa shape index (κ2) is 4.04. The van der Waals surface area contributed by atoms with E-state index in [0.717, 1.165) is 11.5 Å². The number of hydrogen-bond donors (Lipinski definition) is 1. The summed E-state index contributed by atoms with van der Waals surface area (Å²) in [5.41, 5.74) is -0.392. The van der Waals surface area contributed by atoms with E-state index in [1.807, 2.05) is 0 Å². The number of carbonyl (C=O) groups is 1. The average Bonchev–Trinajstić information content (AvgIpc) is 2.31. The van der Waals surface area contributed by atoms with E-state index in [1.54, 1.807) is 14.0 Å². The summed E-state index contributed by atoms with van der Waals surface area (Å²) < 4.78 is 5.91. The number of amides is 1. The largest absolute Gasteiger partial charge is 0.450 e. The normalized spacial score (nSPS) is 9.69. The Bertz CT molecular complexity index is 356. The van der Waals surface area contributed by atoms with Gasteiger partial charge in [-0.15, -0.1) is 0 Å². The maximum Gasteiger partial charge on any atom is 0.413 e. The molecular formula is C6H9N3O3S. The highest BCUT2D eigenvalue weighted by Gasteiger charge is 2.06. The van der Waals surface area contributed by atoms with E-state index in [2.05, 4.69) is 15.0 Å². The molecule has 1 rings (SSSR count). The van der Waals surface area contributed by atoms with E-state index >= 15 is 0 Å². The van der Waals surface area contributed by atoms with Crippen molar-refractivity contribution in [2.75, 3.05) is 11.9 Å². The molecule has 0 saturated heterocycles. The molecule has 0 fully saturated rings. The number of aryl methyl sites for hydroxylation is 1. The molecule has 13 heavy (non-hydrogen) atoms. The Kier molecular flexibility index (Phi) is 3.02. The molecule has 0 aliphatic heterocycles. The Balaban J connectivity index is 2.64. The van der Waals surface area contributed by atoms with Crippen molar-refractivity contribution in [1.29, 1.82) is 0 Å². The molecule has 0 saturated carbocycles. The van der Waals surface area contributed by atoms with Gasteiger partial charge in [0.25, 0.3) is 0 Å². The first kappa shape index (κ1) is 9.72. The van der Waals surface area contributed by atoms with E-state index in [-0.39, 0.29) is 11.7 Å². The molecule has 72 valence electrons. The summed E-state index contributed by atoms with van der Waals surface area (Å²) in [4.78, 5) is 25.3. The number of carbonyl (C=O) groups excluding carboxylic acids is 1. The smallest absolute Gasteiger partial charge is 0.413 e. The number of anilines is 1. The van der Waals surface area contributed by atoms with Crippen LogP contribution in [0.2, 0.25) is 0 Å². The van der Waals surface area contributed by atoms with Crippen LogP contribution >= 0.6 is 11.5 Å². The molecule has 0 radical (unpaired) electrons. The summed E-state index contributed by atoms with van der Waals surface area (Å²) in [6, 6.07) is 0. The highest BCUT2D eigenvalue weighted by Crippen LogP contribution is 2.06. The molecule has 0 aromatic carbocycles. The van der Waals surface area contributed by atoms with Gasteiger partial charge in [0.1, 0.15) is 0 Å². The molecule has 0 spiro atoms. The number of hydrogen-bond acceptors (Lipinski definition) is 5. The minimum Gasteiger partial charge on any atom is -0.450 e. The Morgan fingerprint density at radius 2 is 2.46 bits per heavy atom. The van der Waals surface area contributed by atoms with Crippen LogP contribution < -0.4 is 11.0 Å². The predicted octanol–water partition coefficient (Wildman–Crippen LogP) is 0.410. The van der Waals surface area contributed by atoms with Gasteiger partial charge < -0.3 is 4.74 Å². The molecule has 0 aliphatic carbocycles. The molecule has 1 amide bonds. The van der Waals surface area contributed by atoms with Crippen LogP contribution in [-0.4, -0.2) is 21.6 Å². The fraction of sp³-hybridized carbons (Fsp3) is 0.500. The van der Waals surface area contributed by atoms with Crippen LogP contribution in [-0.2, 0) is 11.8 Å². The van der Waals surface area contributed by atoms with Gasteiger partial charge in [-0.05, 0) is 18.5 Å². The lowest BCUT2D eigenvalue weighted by Crippen LogP contribution is -2.14. The maximum absolute atomic E-state index is 10.9. The van der Waals surface area contributed by atoms with Gasteiger partial charge in [-0.2, -0.15) is 4.98 Å². The maximum atomic E-state index is 10.9. The standard InChI is InChI=1S/C6H9N3O3S/c1-3-12-6(11)8-4-7-5(10)9(2)13-4/h3H2,1-2H3,(H,7,8,10,11). The number of nitrogens with zero attached hydrogens (tertiary/aromatic N) is 2.